The number of anilines is 4. The summed E-state index contributed by atoms with van der Waals surface area (Å²) < 4.78 is 10.7. The largest absolute Gasteiger partial charge is 0.491 e. The zero-order chi connectivity index (χ0) is 28.3. The Labute approximate surface area is 234 Å². The molecule has 1 aliphatic rings. The maximum Gasteiger partial charge on any atom is 0.269 e. The highest BCUT2D eigenvalue weighted by atomic mass is 16.5. The van der Waals surface area contributed by atoms with E-state index in [4.69, 9.17) is 20.5 Å². The van der Waals surface area contributed by atoms with Crippen LogP contribution in [0.15, 0.2) is 54.6 Å². The number of nitriles is 1. The molecule has 1 aromatic heterocycles. The van der Waals surface area contributed by atoms with Gasteiger partial charge in [-0.2, -0.15) is 15.2 Å². The molecule has 1 fully saturated rings. The lowest BCUT2D eigenvalue weighted by Crippen LogP contribution is -2.48. The van der Waals surface area contributed by atoms with E-state index < -0.39 is 5.91 Å². The summed E-state index contributed by atoms with van der Waals surface area (Å²) in [5, 5.41) is 9.04. The van der Waals surface area contributed by atoms with Gasteiger partial charge in [-0.15, -0.1) is 0 Å². The van der Waals surface area contributed by atoms with Gasteiger partial charge in [0.1, 0.15) is 18.2 Å². The van der Waals surface area contributed by atoms with Crippen LogP contribution in [0, 0.1) is 11.3 Å². The molecular weight excluding hydrogens is 510 g/mol. The summed E-state index contributed by atoms with van der Waals surface area (Å²) in [4.78, 5) is 27.8. The number of hydrazine groups is 1. The van der Waals surface area contributed by atoms with Gasteiger partial charge in [0.05, 0.1) is 18.2 Å². The minimum atomic E-state index is -0.394. The van der Waals surface area contributed by atoms with E-state index in [-0.39, 0.29) is 5.95 Å². The van der Waals surface area contributed by atoms with Crippen LogP contribution in [0.1, 0.15) is 15.9 Å². The molecule has 0 atom stereocenters. The van der Waals surface area contributed by atoms with Crippen molar-refractivity contribution in [2.24, 2.45) is 0 Å². The van der Waals surface area contributed by atoms with Gasteiger partial charge >= 0.3 is 0 Å². The number of piperazine rings is 1. The van der Waals surface area contributed by atoms with E-state index in [9.17, 15) is 4.79 Å². The Kier molecular flexibility index (Phi) is 9.93. The fourth-order valence-corrected chi connectivity index (χ4v) is 4.27. The molecule has 0 radical (unpaired) electrons. The van der Waals surface area contributed by atoms with E-state index in [2.05, 4.69) is 42.8 Å². The number of amides is 1. The average Bonchev–Trinajstić information content (AvgIpc) is 2.99. The van der Waals surface area contributed by atoms with Crippen molar-refractivity contribution < 1.29 is 14.3 Å². The number of benzene rings is 2. The number of ether oxygens (including phenoxy) is 2. The second kappa shape index (κ2) is 14.0. The van der Waals surface area contributed by atoms with Crippen molar-refractivity contribution in [1.29, 1.82) is 5.26 Å². The Morgan fingerprint density at radius 2 is 1.88 bits per heavy atom. The predicted octanol–water partition coefficient (Wildman–Crippen LogP) is 1.97. The highest BCUT2D eigenvalue weighted by molar-refractivity contribution is 5.95. The summed E-state index contributed by atoms with van der Waals surface area (Å²) in [6.07, 6.45) is 0. The highest BCUT2D eigenvalue weighted by Gasteiger charge is 2.18. The average molecular weight is 546 g/mol. The zero-order valence-corrected chi connectivity index (χ0v) is 22.8. The minimum Gasteiger partial charge on any atom is -0.491 e. The molecule has 0 aliphatic carbocycles. The van der Waals surface area contributed by atoms with E-state index >= 15 is 0 Å². The van der Waals surface area contributed by atoms with Gasteiger partial charge in [0, 0.05) is 70.7 Å². The lowest BCUT2D eigenvalue weighted by molar-refractivity contribution is 0.0962. The number of aromatic nitrogens is 2. The highest BCUT2D eigenvalue weighted by Crippen LogP contribution is 2.21. The molecule has 2 heterocycles. The normalized spacial score (nSPS) is 13.4. The van der Waals surface area contributed by atoms with Gasteiger partial charge in [0.15, 0.2) is 5.82 Å². The Hall–Kier alpha value is -4.60. The molecule has 0 unspecified atom stereocenters. The number of nitrogens with zero attached hydrogens (tertiary/aromatic N) is 6. The number of nitrogens with one attached hydrogen (secondary N) is 2. The third-order valence-electron chi connectivity index (χ3n) is 6.56. The lowest BCUT2D eigenvalue weighted by atomic mass is 10.1. The summed E-state index contributed by atoms with van der Waals surface area (Å²) in [6, 6.07) is 18.4. The predicted molar refractivity (Wildman–Crippen MR) is 154 cm³/mol. The van der Waals surface area contributed by atoms with E-state index in [0.717, 1.165) is 45.0 Å². The van der Waals surface area contributed by atoms with Crippen molar-refractivity contribution in [2.75, 3.05) is 87.6 Å². The van der Waals surface area contributed by atoms with Gasteiger partial charge in [-0.05, 0) is 42.5 Å². The van der Waals surface area contributed by atoms with E-state index in [1.165, 1.54) is 11.8 Å². The maximum atomic E-state index is 12.5. The summed E-state index contributed by atoms with van der Waals surface area (Å²) in [5.41, 5.74) is 13.3. The van der Waals surface area contributed by atoms with Crippen LogP contribution in [-0.4, -0.2) is 87.4 Å². The third kappa shape index (κ3) is 7.95. The quantitative estimate of drug-likeness (QED) is 0.227. The number of hydrogen-bond acceptors (Lipinski definition) is 11. The van der Waals surface area contributed by atoms with Gasteiger partial charge in [-0.1, -0.05) is 6.07 Å². The standard InChI is InChI=1S/C28H35N9O3/c1-35(10-11-36-12-14-37(15-13-36)23-6-8-24(9-7-23)40-17-16-39-2)26-19-25(31-28(30)32-26)33-34-27(38)22-5-3-4-21(18-22)20-29/h3-9,18-19H,10-17H2,1-2H3,(H,34,38)(H3,30,31,32,33). The van der Waals surface area contributed by atoms with E-state index in [0.29, 0.717) is 36.0 Å². The smallest absolute Gasteiger partial charge is 0.269 e. The molecule has 0 spiro atoms. The van der Waals surface area contributed by atoms with Crippen LogP contribution in [0.2, 0.25) is 0 Å². The van der Waals surface area contributed by atoms with Gasteiger partial charge in [-0.25, -0.2) is 0 Å². The van der Waals surface area contributed by atoms with Gasteiger partial charge in [0.2, 0.25) is 5.95 Å². The number of rotatable bonds is 12. The lowest BCUT2D eigenvalue weighted by Gasteiger charge is -2.36. The number of methoxy groups -OCH3 is 1. The molecule has 1 saturated heterocycles. The second-order valence-electron chi connectivity index (χ2n) is 9.33. The minimum absolute atomic E-state index is 0.0938. The SMILES string of the molecule is COCCOc1ccc(N2CCN(CCN(C)c3cc(NNC(=O)c4cccc(C#N)c4)nc(N)n3)CC2)cc1. The molecule has 1 amide bonds. The first-order chi connectivity index (χ1) is 19.4. The number of carbonyl (C=O) groups excluding carboxylic acids is 1. The van der Waals surface area contributed by atoms with Crippen LogP contribution < -0.4 is 31.1 Å². The van der Waals surface area contributed by atoms with Crippen LogP contribution in [0.5, 0.6) is 5.75 Å². The molecule has 1 aliphatic heterocycles. The Morgan fingerprint density at radius 3 is 2.60 bits per heavy atom. The van der Waals surface area contributed by atoms with Gasteiger partial charge < -0.3 is 25.0 Å². The molecular formula is C28H35N9O3. The monoisotopic (exact) mass is 545 g/mol. The van der Waals surface area contributed by atoms with Crippen molar-refractivity contribution in [3.8, 4) is 11.8 Å². The molecule has 40 heavy (non-hydrogen) atoms. The molecule has 4 rings (SSSR count). The number of nitrogen functional groups attached to an aromatic ring is 1. The van der Waals surface area contributed by atoms with Gasteiger partial charge in [-0.3, -0.25) is 20.5 Å². The zero-order valence-electron chi connectivity index (χ0n) is 22.8. The summed E-state index contributed by atoms with van der Waals surface area (Å²) in [5.74, 6) is 1.55. The first-order valence-electron chi connectivity index (χ1n) is 13.1. The van der Waals surface area contributed by atoms with Crippen LogP contribution in [0.3, 0.4) is 0 Å². The number of nitrogens with two attached hydrogens (primary N) is 1. The summed E-state index contributed by atoms with van der Waals surface area (Å²) >= 11 is 0. The molecule has 4 N–H and O–H groups in total. The Bertz CT molecular complexity index is 1310. The second-order valence-corrected chi connectivity index (χ2v) is 9.33. The van der Waals surface area contributed by atoms with Crippen molar-refractivity contribution in [2.45, 2.75) is 0 Å². The molecule has 3 aromatic rings. The fraction of sp³-hybridized carbons (Fsp3) is 0.357. The van der Waals surface area contributed by atoms with Crippen LogP contribution in [-0.2, 0) is 4.74 Å². The van der Waals surface area contributed by atoms with E-state index in [1.807, 2.05) is 30.1 Å². The van der Waals surface area contributed by atoms with Crippen molar-refractivity contribution in [3.63, 3.8) is 0 Å². The number of carbonyl (C=O) groups is 1. The summed E-state index contributed by atoms with van der Waals surface area (Å²) in [7, 11) is 3.61. The molecule has 2 aromatic carbocycles. The van der Waals surface area contributed by atoms with E-state index in [1.54, 1.807) is 31.4 Å². The number of hydrogen-bond donors (Lipinski definition) is 3. The topological polar surface area (TPSA) is 145 Å². The molecule has 0 saturated carbocycles. The fourth-order valence-electron chi connectivity index (χ4n) is 4.27. The molecule has 12 nitrogen and oxygen atoms in total. The molecule has 210 valence electrons. The first kappa shape index (κ1) is 28.4. The van der Waals surface area contributed by atoms with Gasteiger partial charge in [0.25, 0.3) is 5.91 Å². The van der Waals surface area contributed by atoms with Crippen LogP contribution >= 0.6 is 0 Å². The van der Waals surface area contributed by atoms with Crippen molar-refractivity contribution in [1.82, 2.24) is 20.3 Å². The first-order valence-corrected chi connectivity index (χ1v) is 13.1. The summed E-state index contributed by atoms with van der Waals surface area (Å²) in [6.45, 7) is 6.53. The maximum absolute atomic E-state index is 12.5. The van der Waals surface area contributed by atoms with Crippen molar-refractivity contribution >= 4 is 29.2 Å². The Balaban J connectivity index is 1.23. The molecule has 12 heteroatoms. The van der Waals surface area contributed by atoms with Crippen LogP contribution in [0.25, 0.3) is 0 Å². The third-order valence-corrected chi connectivity index (χ3v) is 6.56. The van der Waals surface area contributed by atoms with Crippen molar-refractivity contribution in [3.05, 3.63) is 65.7 Å². The van der Waals surface area contributed by atoms with Crippen LogP contribution in [0.4, 0.5) is 23.3 Å². The Morgan fingerprint density at radius 1 is 1.10 bits per heavy atom. The number of likely N-dealkylation sites (N-methyl/N-ethyl adjacent to an activating group) is 1. The molecule has 0 bridgehead atoms.